The van der Waals surface area contributed by atoms with Gasteiger partial charge in [-0.25, -0.2) is 0 Å². The van der Waals surface area contributed by atoms with Crippen molar-refractivity contribution in [1.29, 1.82) is 5.26 Å². The smallest absolute Gasteiger partial charge is 0.450 e. The number of nitrogens with zero attached hydrogens (tertiary/aromatic N) is 4. The molecule has 2 aromatic rings. The van der Waals surface area contributed by atoms with Gasteiger partial charge < -0.3 is 9.30 Å². The van der Waals surface area contributed by atoms with Crippen LogP contribution in [0.15, 0.2) is 34.5 Å². The zero-order valence-corrected chi connectivity index (χ0v) is 16.8. The zero-order chi connectivity index (χ0) is 21.0. The third-order valence-corrected chi connectivity index (χ3v) is 4.97. The monoisotopic (exact) mass is 468 g/mol. The molecular formula is C19H16BrF3N4O2. The molecule has 0 saturated carbocycles. The van der Waals surface area contributed by atoms with Gasteiger partial charge in [-0.05, 0) is 25.0 Å². The van der Waals surface area contributed by atoms with E-state index < -0.39 is 29.9 Å². The predicted molar refractivity (Wildman–Crippen MR) is 101 cm³/mol. The molecule has 0 unspecified atom stereocenters. The summed E-state index contributed by atoms with van der Waals surface area (Å²) in [5.74, 6) is -1.83. The van der Waals surface area contributed by atoms with E-state index in [1.165, 1.54) is 16.7 Å². The third kappa shape index (κ3) is 4.85. The summed E-state index contributed by atoms with van der Waals surface area (Å²) >= 11 is 3.22. The molecule has 6 nitrogen and oxygen atoms in total. The molecule has 0 aliphatic carbocycles. The van der Waals surface area contributed by atoms with Gasteiger partial charge in [-0.3, -0.25) is 4.79 Å². The SMILES string of the molecule is N#CC(=C(OCC(=O)c1ccc(Br)cc1)C(F)(F)F)c1nnc2n1CCCCC2. The molecule has 1 aliphatic rings. The Kier molecular flexibility index (Phi) is 6.37. The number of Topliss-reactive ketones (excluding diaryl/α,β-unsaturated/α-hetero) is 1. The lowest BCUT2D eigenvalue weighted by molar-refractivity contribution is -0.127. The number of hydrogen-bond acceptors (Lipinski definition) is 5. The molecule has 152 valence electrons. The fourth-order valence-corrected chi connectivity index (χ4v) is 3.29. The molecule has 0 saturated heterocycles. The highest BCUT2D eigenvalue weighted by atomic mass is 79.9. The molecule has 1 aliphatic heterocycles. The number of aromatic nitrogens is 3. The van der Waals surface area contributed by atoms with E-state index in [1.54, 1.807) is 18.2 Å². The van der Waals surface area contributed by atoms with Crippen LogP contribution < -0.4 is 0 Å². The van der Waals surface area contributed by atoms with E-state index in [0.717, 1.165) is 23.7 Å². The van der Waals surface area contributed by atoms with Crippen LogP contribution >= 0.6 is 15.9 Å². The molecule has 0 N–H and O–H groups in total. The number of ether oxygens (including phenoxy) is 1. The second kappa shape index (κ2) is 8.78. The van der Waals surface area contributed by atoms with Crippen molar-refractivity contribution in [3.63, 3.8) is 0 Å². The molecule has 29 heavy (non-hydrogen) atoms. The van der Waals surface area contributed by atoms with Crippen LogP contribution in [0.3, 0.4) is 0 Å². The van der Waals surface area contributed by atoms with Crippen molar-refractivity contribution in [2.45, 2.75) is 38.4 Å². The van der Waals surface area contributed by atoms with Gasteiger partial charge in [-0.2, -0.15) is 18.4 Å². The number of halogens is 4. The van der Waals surface area contributed by atoms with Crippen LogP contribution in [0.25, 0.3) is 5.57 Å². The first kappa shape index (κ1) is 21.0. The van der Waals surface area contributed by atoms with Gasteiger partial charge in [0, 0.05) is 23.0 Å². The van der Waals surface area contributed by atoms with E-state index in [-0.39, 0.29) is 11.4 Å². The maximum atomic E-state index is 13.7. The summed E-state index contributed by atoms with van der Waals surface area (Å²) in [5, 5.41) is 17.2. The summed E-state index contributed by atoms with van der Waals surface area (Å²) in [4.78, 5) is 12.2. The number of ketones is 1. The Morgan fingerprint density at radius 3 is 2.59 bits per heavy atom. The summed E-state index contributed by atoms with van der Waals surface area (Å²) in [6.45, 7) is -0.436. The van der Waals surface area contributed by atoms with Crippen LogP contribution in [0.4, 0.5) is 13.2 Å². The fraction of sp³-hybridized carbons (Fsp3) is 0.368. The van der Waals surface area contributed by atoms with E-state index in [4.69, 9.17) is 4.74 Å². The van der Waals surface area contributed by atoms with Gasteiger partial charge in [-0.1, -0.05) is 34.5 Å². The average molecular weight is 469 g/mol. The Labute approximate surface area is 173 Å². The Hall–Kier alpha value is -2.67. The van der Waals surface area contributed by atoms with Gasteiger partial charge in [0.15, 0.2) is 18.2 Å². The van der Waals surface area contributed by atoms with Crippen molar-refractivity contribution >= 4 is 27.3 Å². The maximum Gasteiger partial charge on any atom is 0.450 e. The molecule has 1 aromatic carbocycles. The number of fused-ring (bicyclic) bond motifs is 1. The molecule has 0 radical (unpaired) electrons. The molecule has 0 atom stereocenters. The average Bonchev–Trinajstić information content (AvgIpc) is 2.92. The number of rotatable bonds is 5. The Balaban J connectivity index is 1.93. The number of carbonyl (C=O) groups excluding carboxylic acids is 1. The van der Waals surface area contributed by atoms with Crippen molar-refractivity contribution < 1.29 is 22.7 Å². The zero-order valence-electron chi connectivity index (χ0n) is 15.2. The van der Waals surface area contributed by atoms with E-state index in [0.29, 0.717) is 18.8 Å². The highest BCUT2D eigenvalue weighted by Gasteiger charge is 2.41. The van der Waals surface area contributed by atoms with Crippen LogP contribution in [-0.4, -0.2) is 33.3 Å². The van der Waals surface area contributed by atoms with Crippen LogP contribution in [0.2, 0.25) is 0 Å². The second-order valence-electron chi connectivity index (χ2n) is 6.43. The van der Waals surface area contributed by atoms with Gasteiger partial charge >= 0.3 is 6.18 Å². The number of nitriles is 1. The molecule has 10 heteroatoms. The lowest BCUT2D eigenvalue weighted by atomic mass is 10.1. The van der Waals surface area contributed by atoms with Gasteiger partial charge in [-0.15, -0.1) is 10.2 Å². The largest absolute Gasteiger partial charge is 0.480 e. The van der Waals surface area contributed by atoms with Crippen molar-refractivity contribution in [3.8, 4) is 6.07 Å². The van der Waals surface area contributed by atoms with Gasteiger partial charge in [0.2, 0.25) is 5.76 Å². The normalized spacial score (nSPS) is 15.0. The summed E-state index contributed by atoms with van der Waals surface area (Å²) in [6.07, 6.45) is -1.87. The first-order valence-electron chi connectivity index (χ1n) is 8.87. The third-order valence-electron chi connectivity index (χ3n) is 4.44. The molecule has 0 fully saturated rings. The molecule has 2 heterocycles. The standard InChI is InChI=1S/C19H16BrF3N4O2/c20-13-7-5-12(6-8-13)15(28)11-29-17(19(21,22)23)14(10-24)18-26-25-16-4-2-1-3-9-27(16)18/h5-8H,1-4,9,11H2. The quantitative estimate of drug-likeness (QED) is 0.367. The van der Waals surface area contributed by atoms with Crippen molar-refractivity contribution in [2.24, 2.45) is 0 Å². The molecule has 0 bridgehead atoms. The summed E-state index contributed by atoms with van der Waals surface area (Å²) in [6, 6.07) is 7.68. The number of carbonyl (C=O) groups is 1. The summed E-state index contributed by atoms with van der Waals surface area (Å²) < 4.78 is 48.1. The lowest BCUT2D eigenvalue weighted by Gasteiger charge is -2.15. The van der Waals surface area contributed by atoms with E-state index in [1.807, 2.05) is 0 Å². The number of aryl methyl sites for hydroxylation is 1. The van der Waals surface area contributed by atoms with Crippen LogP contribution in [0.1, 0.15) is 41.3 Å². The van der Waals surface area contributed by atoms with Gasteiger partial charge in [0.1, 0.15) is 17.5 Å². The number of hydrogen-bond donors (Lipinski definition) is 0. The highest BCUT2D eigenvalue weighted by molar-refractivity contribution is 9.10. The predicted octanol–water partition coefficient (Wildman–Crippen LogP) is 4.46. The minimum Gasteiger partial charge on any atom is -0.480 e. The molecule has 3 rings (SSSR count). The number of allylic oxidation sites excluding steroid dienone is 2. The Bertz CT molecular complexity index is 975. The van der Waals surface area contributed by atoms with Gasteiger partial charge in [0.25, 0.3) is 0 Å². The van der Waals surface area contributed by atoms with Crippen molar-refractivity contribution in [3.05, 3.63) is 51.7 Å². The Morgan fingerprint density at radius 1 is 1.21 bits per heavy atom. The van der Waals surface area contributed by atoms with Gasteiger partial charge in [0.05, 0.1) is 0 Å². The van der Waals surface area contributed by atoms with E-state index >= 15 is 0 Å². The van der Waals surface area contributed by atoms with E-state index in [2.05, 4.69) is 26.1 Å². The van der Waals surface area contributed by atoms with Crippen LogP contribution in [-0.2, 0) is 17.7 Å². The van der Waals surface area contributed by atoms with Crippen molar-refractivity contribution in [2.75, 3.05) is 6.61 Å². The highest BCUT2D eigenvalue weighted by Crippen LogP contribution is 2.33. The molecule has 0 amide bonds. The van der Waals surface area contributed by atoms with Crippen LogP contribution in [0.5, 0.6) is 0 Å². The lowest BCUT2D eigenvalue weighted by Crippen LogP contribution is -2.21. The topological polar surface area (TPSA) is 80.8 Å². The molecule has 0 spiro atoms. The minimum absolute atomic E-state index is 0.187. The number of alkyl halides is 3. The minimum atomic E-state index is -4.97. The first-order chi connectivity index (χ1) is 13.8. The molecular weight excluding hydrogens is 453 g/mol. The van der Waals surface area contributed by atoms with E-state index in [9.17, 15) is 23.2 Å². The number of benzene rings is 1. The summed E-state index contributed by atoms with van der Waals surface area (Å²) in [5.41, 5.74) is -0.577. The second-order valence-corrected chi connectivity index (χ2v) is 7.35. The fourth-order valence-electron chi connectivity index (χ4n) is 3.02. The maximum absolute atomic E-state index is 13.7. The van der Waals surface area contributed by atoms with Crippen LogP contribution in [0, 0.1) is 11.3 Å². The Morgan fingerprint density at radius 2 is 1.93 bits per heavy atom. The summed E-state index contributed by atoms with van der Waals surface area (Å²) in [7, 11) is 0. The van der Waals surface area contributed by atoms with Crippen molar-refractivity contribution in [1.82, 2.24) is 14.8 Å². The first-order valence-corrected chi connectivity index (χ1v) is 9.66. The molecule has 1 aromatic heterocycles.